The van der Waals surface area contributed by atoms with Gasteiger partial charge in [0, 0.05) is 24.2 Å². The SMILES string of the molecule is O=C(O)CCCCCNC(=O)N/C=C/c1ccc(Cl)cc1. The quantitative estimate of drug-likeness (QED) is 0.645. The van der Waals surface area contributed by atoms with Crippen molar-refractivity contribution >= 4 is 29.7 Å². The highest BCUT2D eigenvalue weighted by Gasteiger charge is 1.98. The summed E-state index contributed by atoms with van der Waals surface area (Å²) in [6, 6.07) is 6.97. The second-order valence-electron chi connectivity index (χ2n) is 4.49. The second kappa shape index (κ2) is 9.83. The van der Waals surface area contributed by atoms with Gasteiger partial charge >= 0.3 is 12.0 Å². The summed E-state index contributed by atoms with van der Waals surface area (Å²) in [7, 11) is 0. The number of hydrogen-bond donors (Lipinski definition) is 3. The average molecular weight is 311 g/mol. The molecule has 0 atom stereocenters. The van der Waals surface area contributed by atoms with Gasteiger partial charge in [0.15, 0.2) is 0 Å². The summed E-state index contributed by atoms with van der Waals surface area (Å²) in [6.07, 6.45) is 5.69. The van der Waals surface area contributed by atoms with E-state index in [9.17, 15) is 9.59 Å². The predicted octanol–water partition coefficient (Wildman–Crippen LogP) is 3.25. The Morgan fingerprint density at radius 3 is 2.52 bits per heavy atom. The molecule has 0 saturated heterocycles. The van der Waals surface area contributed by atoms with Gasteiger partial charge in [0.2, 0.25) is 0 Å². The molecule has 0 heterocycles. The Morgan fingerprint density at radius 2 is 1.86 bits per heavy atom. The maximum atomic E-state index is 11.4. The number of urea groups is 1. The van der Waals surface area contributed by atoms with E-state index in [2.05, 4.69) is 10.6 Å². The Hall–Kier alpha value is -2.01. The fourth-order valence-electron chi connectivity index (χ4n) is 1.62. The molecule has 0 radical (unpaired) electrons. The molecule has 21 heavy (non-hydrogen) atoms. The minimum atomic E-state index is -0.784. The molecule has 0 aliphatic rings. The summed E-state index contributed by atoms with van der Waals surface area (Å²) in [5.41, 5.74) is 0.938. The smallest absolute Gasteiger partial charge is 0.318 e. The first kappa shape index (κ1) is 17.0. The van der Waals surface area contributed by atoms with E-state index < -0.39 is 5.97 Å². The van der Waals surface area contributed by atoms with Crippen molar-refractivity contribution in [2.45, 2.75) is 25.7 Å². The summed E-state index contributed by atoms with van der Waals surface area (Å²) >= 11 is 5.77. The van der Waals surface area contributed by atoms with Gasteiger partial charge in [-0.25, -0.2) is 4.79 Å². The largest absolute Gasteiger partial charge is 0.481 e. The van der Waals surface area contributed by atoms with Crippen LogP contribution < -0.4 is 10.6 Å². The Kier molecular flexibility index (Phi) is 7.97. The number of benzene rings is 1. The van der Waals surface area contributed by atoms with Crippen molar-refractivity contribution in [2.24, 2.45) is 0 Å². The third-order valence-electron chi connectivity index (χ3n) is 2.71. The molecule has 0 saturated carbocycles. The van der Waals surface area contributed by atoms with Gasteiger partial charge in [-0.3, -0.25) is 4.79 Å². The van der Waals surface area contributed by atoms with Crippen molar-refractivity contribution in [3.63, 3.8) is 0 Å². The van der Waals surface area contributed by atoms with Crippen LogP contribution in [0.4, 0.5) is 4.79 Å². The minimum absolute atomic E-state index is 0.177. The van der Waals surface area contributed by atoms with E-state index in [4.69, 9.17) is 16.7 Å². The molecule has 2 amide bonds. The molecule has 1 aromatic carbocycles. The summed E-state index contributed by atoms with van der Waals surface area (Å²) in [5, 5.41) is 14.4. The third-order valence-corrected chi connectivity index (χ3v) is 2.97. The Labute approximate surface area is 129 Å². The highest BCUT2D eigenvalue weighted by atomic mass is 35.5. The first-order valence-electron chi connectivity index (χ1n) is 6.76. The lowest BCUT2D eigenvalue weighted by atomic mass is 10.2. The van der Waals surface area contributed by atoms with Crippen LogP contribution in [0.15, 0.2) is 30.5 Å². The fourth-order valence-corrected chi connectivity index (χ4v) is 1.74. The van der Waals surface area contributed by atoms with Crippen molar-refractivity contribution in [3.05, 3.63) is 41.1 Å². The maximum absolute atomic E-state index is 11.4. The lowest BCUT2D eigenvalue weighted by Gasteiger charge is -2.04. The van der Waals surface area contributed by atoms with Crippen LogP contribution in [-0.4, -0.2) is 23.7 Å². The first-order chi connectivity index (χ1) is 10.1. The number of carboxylic acids is 1. The van der Waals surface area contributed by atoms with Crippen LogP contribution in [0.25, 0.3) is 6.08 Å². The number of carbonyl (C=O) groups excluding carboxylic acids is 1. The minimum Gasteiger partial charge on any atom is -0.481 e. The molecule has 0 spiro atoms. The van der Waals surface area contributed by atoms with E-state index >= 15 is 0 Å². The third kappa shape index (κ3) is 8.70. The molecule has 3 N–H and O–H groups in total. The first-order valence-corrected chi connectivity index (χ1v) is 7.14. The molecule has 0 fully saturated rings. The number of unbranched alkanes of at least 4 members (excludes halogenated alkanes) is 2. The Balaban J connectivity index is 2.11. The van der Waals surface area contributed by atoms with Gasteiger partial charge in [0.05, 0.1) is 0 Å². The van der Waals surface area contributed by atoms with E-state index in [1.54, 1.807) is 24.4 Å². The zero-order valence-electron chi connectivity index (χ0n) is 11.6. The number of aliphatic carboxylic acids is 1. The number of nitrogens with one attached hydrogen (secondary N) is 2. The molecule has 0 aliphatic heterocycles. The molecule has 114 valence electrons. The number of hydrogen-bond acceptors (Lipinski definition) is 2. The van der Waals surface area contributed by atoms with Gasteiger partial charge in [0.25, 0.3) is 0 Å². The highest BCUT2D eigenvalue weighted by Crippen LogP contribution is 2.10. The van der Waals surface area contributed by atoms with Crippen molar-refractivity contribution in [1.29, 1.82) is 0 Å². The number of carboxylic acid groups (broad SMARTS) is 1. The van der Waals surface area contributed by atoms with E-state index in [1.165, 1.54) is 0 Å². The summed E-state index contributed by atoms with van der Waals surface area (Å²) in [5.74, 6) is -0.784. The van der Waals surface area contributed by atoms with Gasteiger partial charge in [0.1, 0.15) is 0 Å². The van der Waals surface area contributed by atoms with Crippen molar-refractivity contribution < 1.29 is 14.7 Å². The van der Waals surface area contributed by atoms with Crippen molar-refractivity contribution in [3.8, 4) is 0 Å². The number of amides is 2. The van der Waals surface area contributed by atoms with Crippen LogP contribution in [-0.2, 0) is 4.79 Å². The van der Waals surface area contributed by atoms with E-state index in [1.807, 2.05) is 12.1 Å². The second-order valence-corrected chi connectivity index (χ2v) is 4.93. The lowest BCUT2D eigenvalue weighted by molar-refractivity contribution is -0.137. The molecule has 0 unspecified atom stereocenters. The van der Waals surface area contributed by atoms with Gasteiger partial charge in [-0.15, -0.1) is 0 Å². The lowest BCUT2D eigenvalue weighted by Crippen LogP contribution is -2.32. The highest BCUT2D eigenvalue weighted by molar-refractivity contribution is 6.30. The molecule has 0 bridgehead atoms. The average Bonchev–Trinajstić information content (AvgIpc) is 2.44. The number of halogens is 1. The maximum Gasteiger partial charge on any atom is 0.318 e. The van der Waals surface area contributed by atoms with Crippen LogP contribution in [0.5, 0.6) is 0 Å². The van der Waals surface area contributed by atoms with Crippen LogP contribution in [0, 0.1) is 0 Å². The Morgan fingerprint density at radius 1 is 1.14 bits per heavy atom. The van der Waals surface area contributed by atoms with Crippen LogP contribution in [0.1, 0.15) is 31.2 Å². The molecule has 1 aromatic rings. The molecule has 6 heteroatoms. The Bertz CT molecular complexity index is 486. The summed E-state index contributed by atoms with van der Waals surface area (Å²) < 4.78 is 0. The van der Waals surface area contributed by atoms with Gasteiger partial charge in [-0.1, -0.05) is 30.2 Å². The molecule has 5 nitrogen and oxygen atoms in total. The zero-order chi connectivity index (χ0) is 15.5. The van der Waals surface area contributed by atoms with E-state index in [0.29, 0.717) is 18.0 Å². The van der Waals surface area contributed by atoms with Gasteiger partial charge < -0.3 is 15.7 Å². The van der Waals surface area contributed by atoms with Crippen LogP contribution in [0.3, 0.4) is 0 Å². The monoisotopic (exact) mass is 310 g/mol. The normalized spacial score (nSPS) is 10.5. The van der Waals surface area contributed by atoms with Crippen LogP contribution >= 0.6 is 11.6 Å². The molecule has 0 aromatic heterocycles. The molecular weight excluding hydrogens is 292 g/mol. The molecule has 1 rings (SSSR count). The van der Waals surface area contributed by atoms with E-state index in [-0.39, 0.29) is 12.5 Å². The predicted molar refractivity (Wildman–Crippen MR) is 83.1 cm³/mol. The van der Waals surface area contributed by atoms with Crippen molar-refractivity contribution in [1.82, 2.24) is 10.6 Å². The van der Waals surface area contributed by atoms with Crippen molar-refractivity contribution in [2.75, 3.05) is 6.54 Å². The summed E-state index contributed by atoms with van der Waals surface area (Å²) in [6.45, 7) is 0.528. The van der Waals surface area contributed by atoms with Gasteiger partial charge in [-0.2, -0.15) is 0 Å². The van der Waals surface area contributed by atoms with Crippen LogP contribution in [0.2, 0.25) is 5.02 Å². The molecule has 0 aliphatic carbocycles. The molecular formula is C15H19ClN2O3. The number of rotatable bonds is 8. The topological polar surface area (TPSA) is 78.4 Å². The summed E-state index contributed by atoms with van der Waals surface area (Å²) in [4.78, 5) is 21.7. The number of carbonyl (C=O) groups is 2. The standard InChI is InChI=1S/C15H19ClN2O3/c16-13-7-5-12(6-8-13)9-11-18-15(21)17-10-3-1-2-4-14(19)20/h5-9,11H,1-4,10H2,(H,19,20)(H2,17,18,21)/b11-9+. The zero-order valence-corrected chi connectivity index (χ0v) is 12.4. The fraction of sp³-hybridized carbons (Fsp3) is 0.333. The van der Waals surface area contributed by atoms with E-state index in [0.717, 1.165) is 18.4 Å². The van der Waals surface area contributed by atoms with Gasteiger partial charge in [-0.05, 0) is 36.6 Å².